The summed E-state index contributed by atoms with van der Waals surface area (Å²) < 4.78 is 16.1. The molecule has 1 aliphatic rings. The summed E-state index contributed by atoms with van der Waals surface area (Å²) in [6.45, 7) is 0. The number of aromatic nitrogens is 1. The first kappa shape index (κ1) is 20.8. The molecule has 0 atom stereocenters. The van der Waals surface area contributed by atoms with Crippen molar-refractivity contribution in [3.8, 4) is 17.2 Å². The number of hydrogen-bond acceptors (Lipinski definition) is 6. The maximum absolute atomic E-state index is 12.5. The molecule has 1 heterocycles. The first-order chi connectivity index (χ1) is 14.1. The van der Waals surface area contributed by atoms with E-state index >= 15 is 0 Å². The van der Waals surface area contributed by atoms with Gasteiger partial charge in [0.1, 0.15) is 5.82 Å². The quantitative estimate of drug-likeness (QED) is 0.676. The van der Waals surface area contributed by atoms with E-state index in [-0.39, 0.29) is 11.9 Å². The van der Waals surface area contributed by atoms with Crippen molar-refractivity contribution in [2.45, 2.75) is 44.6 Å². The number of methoxy groups -OCH3 is 3. The third-order valence-corrected chi connectivity index (χ3v) is 5.15. The lowest BCUT2D eigenvalue weighted by molar-refractivity contribution is 0.0933. The smallest absolute Gasteiger partial charge is 0.253 e. The summed E-state index contributed by atoms with van der Waals surface area (Å²) in [6.07, 6.45) is 8.58. The van der Waals surface area contributed by atoms with E-state index in [0.29, 0.717) is 28.6 Å². The topological polar surface area (TPSA) is 81.7 Å². The van der Waals surface area contributed by atoms with E-state index in [2.05, 4.69) is 15.6 Å². The van der Waals surface area contributed by atoms with Crippen LogP contribution in [0, 0.1) is 0 Å². The molecule has 0 saturated heterocycles. The molecule has 1 aromatic heterocycles. The van der Waals surface area contributed by atoms with Crippen LogP contribution < -0.4 is 24.8 Å². The van der Waals surface area contributed by atoms with E-state index in [1.807, 2.05) is 0 Å². The molecule has 156 valence electrons. The number of rotatable bonds is 7. The summed E-state index contributed by atoms with van der Waals surface area (Å²) in [7, 11) is 4.70. The van der Waals surface area contributed by atoms with E-state index in [0.717, 1.165) is 18.5 Å². The van der Waals surface area contributed by atoms with Crippen molar-refractivity contribution in [3.63, 3.8) is 0 Å². The SMILES string of the molecule is COc1cc(Nc2ccc(C(=O)NC3CCCCCC3)cn2)cc(OC)c1OC. The number of carbonyl (C=O) groups excluding carboxylic acids is 1. The van der Waals surface area contributed by atoms with Crippen LogP contribution in [0.5, 0.6) is 17.2 Å². The van der Waals surface area contributed by atoms with Crippen molar-refractivity contribution in [2.75, 3.05) is 26.6 Å². The van der Waals surface area contributed by atoms with Crippen LogP contribution in [0.15, 0.2) is 30.5 Å². The minimum atomic E-state index is -0.0660. The van der Waals surface area contributed by atoms with Crippen molar-refractivity contribution in [1.29, 1.82) is 0 Å². The Hall–Kier alpha value is -2.96. The second-order valence-electron chi connectivity index (χ2n) is 7.13. The Kier molecular flexibility index (Phi) is 7.16. The highest BCUT2D eigenvalue weighted by molar-refractivity contribution is 5.94. The van der Waals surface area contributed by atoms with E-state index in [4.69, 9.17) is 14.2 Å². The van der Waals surface area contributed by atoms with Crippen LogP contribution in [-0.2, 0) is 0 Å². The van der Waals surface area contributed by atoms with Gasteiger partial charge in [0.05, 0.1) is 26.9 Å². The molecule has 29 heavy (non-hydrogen) atoms. The van der Waals surface area contributed by atoms with E-state index in [1.165, 1.54) is 25.7 Å². The monoisotopic (exact) mass is 399 g/mol. The molecule has 1 aliphatic carbocycles. The minimum Gasteiger partial charge on any atom is -0.493 e. The van der Waals surface area contributed by atoms with Crippen LogP contribution in [0.4, 0.5) is 11.5 Å². The second-order valence-corrected chi connectivity index (χ2v) is 7.13. The normalized spacial score (nSPS) is 14.6. The van der Waals surface area contributed by atoms with Crippen LogP contribution in [-0.4, -0.2) is 38.3 Å². The van der Waals surface area contributed by atoms with Gasteiger partial charge in [0, 0.05) is 30.1 Å². The third kappa shape index (κ3) is 5.31. The maximum atomic E-state index is 12.5. The Morgan fingerprint density at radius 3 is 2.14 bits per heavy atom. The van der Waals surface area contributed by atoms with E-state index < -0.39 is 0 Å². The van der Waals surface area contributed by atoms with Crippen LogP contribution in [0.2, 0.25) is 0 Å². The first-order valence-electron chi connectivity index (χ1n) is 9.98. The van der Waals surface area contributed by atoms with Gasteiger partial charge in [-0.05, 0) is 25.0 Å². The van der Waals surface area contributed by atoms with Crippen LogP contribution in [0.1, 0.15) is 48.9 Å². The molecular weight excluding hydrogens is 370 g/mol. The summed E-state index contributed by atoms with van der Waals surface area (Å²) in [5.41, 5.74) is 1.30. The first-order valence-corrected chi connectivity index (χ1v) is 9.98. The molecule has 2 N–H and O–H groups in total. The average Bonchev–Trinajstić information content (AvgIpc) is 3.02. The van der Waals surface area contributed by atoms with Crippen molar-refractivity contribution in [1.82, 2.24) is 10.3 Å². The Bertz CT molecular complexity index is 790. The highest BCUT2D eigenvalue weighted by atomic mass is 16.5. The Balaban J connectivity index is 1.68. The third-order valence-electron chi connectivity index (χ3n) is 5.15. The molecular formula is C22H29N3O4. The lowest BCUT2D eigenvalue weighted by atomic mass is 10.1. The molecule has 0 spiro atoms. The molecule has 0 aliphatic heterocycles. The van der Waals surface area contributed by atoms with Crippen molar-refractivity contribution in [2.24, 2.45) is 0 Å². The maximum Gasteiger partial charge on any atom is 0.253 e. The highest BCUT2D eigenvalue weighted by Gasteiger charge is 2.16. The van der Waals surface area contributed by atoms with Gasteiger partial charge in [-0.2, -0.15) is 0 Å². The van der Waals surface area contributed by atoms with Gasteiger partial charge < -0.3 is 24.8 Å². The summed E-state index contributed by atoms with van der Waals surface area (Å²) in [5.74, 6) is 2.18. The summed E-state index contributed by atoms with van der Waals surface area (Å²) in [4.78, 5) is 16.9. The lowest BCUT2D eigenvalue weighted by Gasteiger charge is -2.16. The Labute approximate surface area is 171 Å². The number of ether oxygens (including phenoxy) is 3. The number of benzene rings is 1. The van der Waals surface area contributed by atoms with Gasteiger partial charge in [0.25, 0.3) is 5.91 Å². The van der Waals surface area contributed by atoms with Gasteiger partial charge in [-0.1, -0.05) is 25.7 Å². The zero-order valence-electron chi connectivity index (χ0n) is 17.3. The van der Waals surface area contributed by atoms with Gasteiger partial charge in [-0.25, -0.2) is 4.98 Å². The molecule has 1 aromatic carbocycles. The predicted molar refractivity (Wildman–Crippen MR) is 113 cm³/mol. The minimum absolute atomic E-state index is 0.0660. The van der Waals surface area contributed by atoms with E-state index in [1.54, 1.807) is 51.8 Å². The Morgan fingerprint density at radius 2 is 1.62 bits per heavy atom. The molecule has 1 fully saturated rings. The van der Waals surface area contributed by atoms with Crippen molar-refractivity contribution < 1.29 is 19.0 Å². The molecule has 7 nitrogen and oxygen atoms in total. The van der Waals surface area contributed by atoms with Gasteiger partial charge in [0.15, 0.2) is 11.5 Å². The molecule has 0 unspecified atom stereocenters. The van der Waals surface area contributed by atoms with Crippen molar-refractivity contribution in [3.05, 3.63) is 36.0 Å². The van der Waals surface area contributed by atoms with Crippen LogP contribution in [0.25, 0.3) is 0 Å². The summed E-state index contributed by atoms with van der Waals surface area (Å²) >= 11 is 0. The fraction of sp³-hybridized carbons (Fsp3) is 0.455. The number of carbonyl (C=O) groups is 1. The number of nitrogens with one attached hydrogen (secondary N) is 2. The molecule has 0 bridgehead atoms. The molecule has 0 radical (unpaired) electrons. The lowest BCUT2D eigenvalue weighted by Crippen LogP contribution is -2.34. The van der Waals surface area contributed by atoms with Gasteiger partial charge in [-0.3, -0.25) is 4.79 Å². The number of hydrogen-bond donors (Lipinski definition) is 2. The Morgan fingerprint density at radius 1 is 0.966 bits per heavy atom. The molecule has 2 aromatic rings. The standard InChI is InChI=1S/C22H29N3O4/c1-27-18-12-17(13-19(28-2)21(18)29-3)24-20-11-10-15(14-23-20)22(26)25-16-8-6-4-5-7-9-16/h10-14,16H,4-9H2,1-3H3,(H,23,24)(H,25,26). The van der Waals surface area contributed by atoms with Crippen LogP contribution in [0.3, 0.4) is 0 Å². The largest absolute Gasteiger partial charge is 0.493 e. The van der Waals surface area contributed by atoms with Crippen LogP contribution >= 0.6 is 0 Å². The molecule has 7 heteroatoms. The zero-order valence-corrected chi connectivity index (χ0v) is 17.3. The van der Waals surface area contributed by atoms with Gasteiger partial charge in [0.2, 0.25) is 5.75 Å². The number of anilines is 2. The van der Waals surface area contributed by atoms with Crippen molar-refractivity contribution >= 4 is 17.4 Å². The predicted octanol–water partition coefficient (Wildman–Crippen LogP) is 4.30. The van der Waals surface area contributed by atoms with Gasteiger partial charge >= 0.3 is 0 Å². The number of amides is 1. The zero-order chi connectivity index (χ0) is 20.6. The average molecular weight is 399 g/mol. The number of nitrogens with zero attached hydrogens (tertiary/aromatic N) is 1. The van der Waals surface area contributed by atoms with E-state index in [9.17, 15) is 4.79 Å². The highest BCUT2D eigenvalue weighted by Crippen LogP contribution is 2.40. The summed E-state index contributed by atoms with van der Waals surface area (Å²) in [6, 6.07) is 7.43. The molecule has 1 amide bonds. The second kappa shape index (κ2) is 10.0. The fourth-order valence-electron chi connectivity index (χ4n) is 3.60. The summed E-state index contributed by atoms with van der Waals surface area (Å²) in [5, 5.41) is 6.34. The van der Waals surface area contributed by atoms with Gasteiger partial charge in [-0.15, -0.1) is 0 Å². The number of pyridine rings is 1. The fourth-order valence-corrected chi connectivity index (χ4v) is 3.60. The molecule has 3 rings (SSSR count). The molecule has 1 saturated carbocycles.